The molecule has 2 aromatic rings. The van der Waals surface area contributed by atoms with Gasteiger partial charge in [-0.15, -0.1) is 0 Å². The molecule has 1 unspecified atom stereocenters. The Morgan fingerprint density at radius 2 is 2.05 bits per heavy atom. The number of aromatic nitrogens is 1. The topological polar surface area (TPSA) is 34.0 Å². The van der Waals surface area contributed by atoms with Gasteiger partial charge in [0.1, 0.15) is 5.82 Å². The van der Waals surface area contributed by atoms with Crippen molar-refractivity contribution in [2.24, 2.45) is 0 Å². The summed E-state index contributed by atoms with van der Waals surface area (Å²) >= 11 is 0. The number of likely N-dealkylation sites (N-methyl/N-ethyl adjacent to an activating group) is 1. The van der Waals surface area contributed by atoms with Gasteiger partial charge in [-0.05, 0) is 31.7 Å². The number of benzene rings is 1. The van der Waals surface area contributed by atoms with E-state index in [9.17, 15) is 9.18 Å². The molecule has 19 heavy (non-hydrogen) atoms. The van der Waals surface area contributed by atoms with E-state index in [0.717, 1.165) is 5.56 Å². The molecule has 1 aromatic carbocycles. The van der Waals surface area contributed by atoms with Crippen molar-refractivity contribution < 1.29 is 4.39 Å². The van der Waals surface area contributed by atoms with E-state index in [2.05, 4.69) is 5.32 Å². The van der Waals surface area contributed by atoms with Crippen LogP contribution < -0.4 is 10.9 Å². The lowest BCUT2D eigenvalue weighted by Crippen LogP contribution is -2.28. The standard InChI is InChI=1S/C15H17FN2O/c1-11-7-8-18(15(19)9-11)10-14(17-2)12-5-3-4-6-13(12)16/h3-9,14,17H,10H2,1-2H3. The molecular weight excluding hydrogens is 243 g/mol. The largest absolute Gasteiger partial charge is 0.314 e. The second-order valence-corrected chi connectivity index (χ2v) is 4.56. The summed E-state index contributed by atoms with van der Waals surface area (Å²) in [4.78, 5) is 11.8. The van der Waals surface area contributed by atoms with Crippen LogP contribution in [-0.4, -0.2) is 11.6 Å². The summed E-state index contributed by atoms with van der Waals surface area (Å²) in [5, 5.41) is 3.05. The highest BCUT2D eigenvalue weighted by Gasteiger charge is 2.14. The normalized spacial score (nSPS) is 12.4. The van der Waals surface area contributed by atoms with Crippen molar-refractivity contribution in [1.82, 2.24) is 9.88 Å². The molecule has 0 aliphatic rings. The molecule has 0 saturated carbocycles. The molecule has 0 bridgehead atoms. The second kappa shape index (κ2) is 5.80. The molecule has 3 nitrogen and oxygen atoms in total. The van der Waals surface area contributed by atoms with E-state index in [1.54, 1.807) is 42.1 Å². The van der Waals surface area contributed by atoms with E-state index in [1.807, 2.05) is 13.0 Å². The third kappa shape index (κ3) is 3.09. The van der Waals surface area contributed by atoms with Gasteiger partial charge in [-0.1, -0.05) is 18.2 Å². The van der Waals surface area contributed by atoms with Crippen LogP contribution in [0.15, 0.2) is 47.4 Å². The van der Waals surface area contributed by atoms with Crippen molar-refractivity contribution in [3.05, 3.63) is 69.9 Å². The second-order valence-electron chi connectivity index (χ2n) is 4.56. The Balaban J connectivity index is 2.29. The molecule has 0 radical (unpaired) electrons. The number of nitrogens with zero attached hydrogens (tertiary/aromatic N) is 1. The first-order valence-electron chi connectivity index (χ1n) is 6.20. The number of nitrogens with one attached hydrogen (secondary N) is 1. The maximum Gasteiger partial charge on any atom is 0.250 e. The van der Waals surface area contributed by atoms with E-state index >= 15 is 0 Å². The van der Waals surface area contributed by atoms with Crippen LogP contribution >= 0.6 is 0 Å². The van der Waals surface area contributed by atoms with Crippen LogP contribution in [0.5, 0.6) is 0 Å². The minimum absolute atomic E-state index is 0.0726. The third-order valence-electron chi connectivity index (χ3n) is 3.16. The van der Waals surface area contributed by atoms with Gasteiger partial charge in [0.15, 0.2) is 0 Å². The zero-order valence-corrected chi connectivity index (χ0v) is 11.1. The Morgan fingerprint density at radius 3 is 2.68 bits per heavy atom. The number of rotatable bonds is 4. The van der Waals surface area contributed by atoms with E-state index in [1.165, 1.54) is 6.07 Å². The minimum Gasteiger partial charge on any atom is -0.314 e. The summed E-state index contributed by atoms with van der Waals surface area (Å²) in [6, 6.07) is 9.82. The lowest BCUT2D eigenvalue weighted by atomic mass is 10.1. The van der Waals surface area contributed by atoms with Gasteiger partial charge in [-0.2, -0.15) is 0 Å². The molecule has 100 valence electrons. The summed E-state index contributed by atoms with van der Waals surface area (Å²) in [6.07, 6.45) is 1.74. The monoisotopic (exact) mass is 260 g/mol. The number of halogens is 1. The van der Waals surface area contributed by atoms with Crippen LogP contribution in [0.2, 0.25) is 0 Å². The van der Waals surface area contributed by atoms with Crippen LogP contribution in [0.1, 0.15) is 17.2 Å². The predicted molar refractivity (Wildman–Crippen MR) is 73.6 cm³/mol. The smallest absolute Gasteiger partial charge is 0.250 e. The molecule has 0 aliphatic carbocycles. The Bertz CT molecular complexity index is 622. The zero-order valence-electron chi connectivity index (χ0n) is 11.1. The van der Waals surface area contributed by atoms with Gasteiger partial charge in [0.25, 0.3) is 5.56 Å². The first-order chi connectivity index (χ1) is 9.11. The molecule has 1 aromatic heterocycles. The highest BCUT2D eigenvalue weighted by atomic mass is 19.1. The van der Waals surface area contributed by atoms with E-state index in [4.69, 9.17) is 0 Å². The fraction of sp³-hybridized carbons (Fsp3) is 0.267. The van der Waals surface area contributed by atoms with Gasteiger partial charge < -0.3 is 9.88 Å². The summed E-state index contributed by atoms with van der Waals surface area (Å²) in [6.45, 7) is 2.27. The molecule has 0 amide bonds. The van der Waals surface area contributed by atoms with Crippen molar-refractivity contribution in [1.29, 1.82) is 0 Å². The first kappa shape index (κ1) is 13.5. The molecule has 1 heterocycles. The Morgan fingerprint density at radius 1 is 1.32 bits per heavy atom. The molecule has 2 rings (SSSR count). The first-order valence-corrected chi connectivity index (χ1v) is 6.20. The predicted octanol–water partition coefficient (Wildman–Crippen LogP) is 2.26. The fourth-order valence-corrected chi connectivity index (χ4v) is 2.06. The average molecular weight is 260 g/mol. The van der Waals surface area contributed by atoms with Gasteiger partial charge in [-0.25, -0.2) is 4.39 Å². The fourth-order valence-electron chi connectivity index (χ4n) is 2.06. The van der Waals surface area contributed by atoms with Crippen LogP contribution in [-0.2, 0) is 6.54 Å². The van der Waals surface area contributed by atoms with E-state index < -0.39 is 0 Å². The van der Waals surface area contributed by atoms with Crippen LogP contribution in [0, 0.1) is 12.7 Å². The lowest BCUT2D eigenvalue weighted by Gasteiger charge is -2.18. The summed E-state index contributed by atoms with van der Waals surface area (Å²) in [5.74, 6) is -0.262. The molecular formula is C15H17FN2O. The summed E-state index contributed by atoms with van der Waals surface area (Å²) < 4.78 is 15.4. The van der Waals surface area contributed by atoms with Crippen LogP contribution in [0.25, 0.3) is 0 Å². The lowest BCUT2D eigenvalue weighted by molar-refractivity contribution is 0.467. The van der Waals surface area contributed by atoms with Gasteiger partial charge in [-0.3, -0.25) is 4.79 Å². The maximum absolute atomic E-state index is 13.8. The Hall–Kier alpha value is -1.94. The van der Waals surface area contributed by atoms with Gasteiger partial charge in [0.05, 0.1) is 6.04 Å². The number of aryl methyl sites for hydroxylation is 1. The number of pyridine rings is 1. The van der Waals surface area contributed by atoms with Crippen molar-refractivity contribution >= 4 is 0 Å². The highest BCUT2D eigenvalue weighted by molar-refractivity contribution is 5.21. The van der Waals surface area contributed by atoms with Crippen molar-refractivity contribution in [3.63, 3.8) is 0 Å². The van der Waals surface area contributed by atoms with Gasteiger partial charge in [0, 0.05) is 24.4 Å². The van der Waals surface area contributed by atoms with Crippen molar-refractivity contribution in [2.45, 2.75) is 19.5 Å². The van der Waals surface area contributed by atoms with Crippen LogP contribution in [0.4, 0.5) is 4.39 Å². The summed E-state index contributed by atoms with van der Waals surface area (Å²) in [7, 11) is 1.76. The van der Waals surface area contributed by atoms with Crippen molar-refractivity contribution in [2.75, 3.05) is 7.05 Å². The zero-order chi connectivity index (χ0) is 13.8. The molecule has 0 aliphatic heterocycles. The van der Waals surface area contributed by atoms with Gasteiger partial charge >= 0.3 is 0 Å². The number of hydrogen-bond donors (Lipinski definition) is 1. The Labute approximate surface area is 111 Å². The molecule has 0 saturated heterocycles. The number of hydrogen-bond acceptors (Lipinski definition) is 2. The maximum atomic E-state index is 13.8. The van der Waals surface area contributed by atoms with Crippen LogP contribution in [0.3, 0.4) is 0 Å². The van der Waals surface area contributed by atoms with E-state index in [-0.39, 0.29) is 17.4 Å². The molecule has 4 heteroatoms. The highest BCUT2D eigenvalue weighted by Crippen LogP contribution is 2.17. The molecule has 0 fully saturated rings. The quantitative estimate of drug-likeness (QED) is 0.915. The minimum atomic E-state index is -0.262. The van der Waals surface area contributed by atoms with E-state index in [0.29, 0.717) is 12.1 Å². The Kier molecular flexibility index (Phi) is 4.12. The molecule has 1 atom stereocenters. The SMILES string of the molecule is CNC(Cn1ccc(C)cc1=O)c1ccccc1F. The average Bonchev–Trinajstić information content (AvgIpc) is 2.39. The molecule has 0 spiro atoms. The van der Waals surface area contributed by atoms with Gasteiger partial charge in [0.2, 0.25) is 0 Å². The van der Waals surface area contributed by atoms with Crippen molar-refractivity contribution in [3.8, 4) is 0 Å². The third-order valence-corrected chi connectivity index (χ3v) is 3.16. The summed E-state index contributed by atoms with van der Waals surface area (Å²) in [5.41, 5.74) is 1.42. The molecule has 1 N–H and O–H groups in total.